The molecule has 0 fully saturated rings. The molecule has 2 nitrogen and oxygen atoms in total. The molecule has 200 valence electrons. The van der Waals surface area contributed by atoms with Gasteiger partial charge in [-0.15, -0.1) is 0 Å². The summed E-state index contributed by atoms with van der Waals surface area (Å²) in [7, 11) is 0. The molecule has 0 amide bonds. The minimum Gasteiger partial charge on any atom is -0.494 e. The van der Waals surface area contributed by atoms with Crippen molar-refractivity contribution in [2.75, 3.05) is 6.61 Å². The Labute approximate surface area is 223 Å². The zero-order valence-corrected chi connectivity index (χ0v) is 23.5. The van der Waals surface area contributed by atoms with Crippen LogP contribution in [0.3, 0.4) is 0 Å². The van der Waals surface area contributed by atoms with Gasteiger partial charge in [0.15, 0.2) is 0 Å². The Bertz CT molecular complexity index is 778. The predicted molar refractivity (Wildman–Crippen MR) is 159 cm³/mol. The maximum atomic E-state index is 5.78. The molecule has 36 heavy (non-hydrogen) atoms. The molecule has 0 aliphatic carbocycles. The van der Waals surface area contributed by atoms with E-state index in [1.807, 2.05) is 18.3 Å². The van der Waals surface area contributed by atoms with Crippen molar-refractivity contribution >= 4 is 11.9 Å². The number of aryl methyl sites for hydroxylation is 1. The summed E-state index contributed by atoms with van der Waals surface area (Å²) in [6.45, 7) is 5.30. The summed E-state index contributed by atoms with van der Waals surface area (Å²) in [5.41, 5.74) is 3.54. The van der Waals surface area contributed by atoms with Crippen molar-refractivity contribution in [3.8, 4) is 5.75 Å². The van der Waals surface area contributed by atoms with Crippen molar-refractivity contribution in [3.05, 3.63) is 59.7 Å². The largest absolute Gasteiger partial charge is 0.494 e. The van der Waals surface area contributed by atoms with Gasteiger partial charge in [0.1, 0.15) is 5.75 Å². The highest BCUT2D eigenvalue weighted by Crippen LogP contribution is 2.18. The first-order chi connectivity index (χ1) is 17.8. The van der Waals surface area contributed by atoms with Gasteiger partial charge in [-0.25, -0.2) is 0 Å². The molecule has 0 aliphatic heterocycles. The maximum Gasteiger partial charge on any atom is 0.119 e. The minimum atomic E-state index is 0.799. The van der Waals surface area contributed by atoms with Crippen LogP contribution in [-0.2, 0) is 6.42 Å². The average Bonchev–Trinajstić information content (AvgIpc) is 2.91. The molecule has 2 rings (SSSR count). The van der Waals surface area contributed by atoms with E-state index in [0.717, 1.165) is 30.0 Å². The van der Waals surface area contributed by atoms with Gasteiger partial charge in [-0.3, -0.25) is 4.99 Å². The lowest BCUT2D eigenvalue weighted by Crippen LogP contribution is -1.96. The third-order valence-corrected chi connectivity index (χ3v) is 7.01. The first kappa shape index (κ1) is 30.1. The average molecular weight is 492 g/mol. The third kappa shape index (κ3) is 15.1. The molecule has 0 N–H and O–H groups in total. The lowest BCUT2D eigenvalue weighted by Gasteiger charge is -2.05. The van der Waals surface area contributed by atoms with Crippen LogP contribution in [0.15, 0.2) is 53.5 Å². The molecule has 0 saturated heterocycles. The third-order valence-electron chi connectivity index (χ3n) is 7.01. The first-order valence-corrected chi connectivity index (χ1v) is 15.2. The molecule has 0 spiro atoms. The number of unbranched alkanes of at least 4 members (excludes halogenated alkanes) is 15. The Morgan fingerprint density at radius 1 is 0.556 bits per heavy atom. The quantitative estimate of drug-likeness (QED) is 0.118. The molecule has 0 bridgehead atoms. The number of hydrogen-bond donors (Lipinski definition) is 0. The van der Waals surface area contributed by atoms with Gasteiger partial charge < -0.3 is 4.74 Å². The molecule has 2 aromatic rings. The number of rotatable bonds is 22. The second kappa shape index (κ2) is 21.0. The number of hydrogen-bond acceptors (Lipinski definition) is 2. The number of nitrogens with zero attached hydrogens (tertiary/aromatic N) is 1. The molecule has 2 heteroatoms. The topological polar surface area (TPSA) is 21.6 Å². The van der Waals surface area contributed by atoms with E-state index in [0.29, 0.717) is 0 Å². The molecule has 0 saturated carbocycles. The van der Waals surface area contributed by atoms with Crippen LogP contribution in [-0.4, -0.2) is 12.8 Å². The summed E-state index contributed by atoms with van der Waals surface area (Å²) in [5, 5.41) is 0. The zero-order chi connectivity index (χ0) is 25.5. The van der Waals surface area contributed by atoms with Crippen molar-refractivity contribution in [3.63, 3.8) is 0 Å². The monoisotopic (exact) mass is 491 g/mol. The van der Waals surface area contributed by atoms with Gasteiger partial charge in [-0.1, -0.05) is 122 Å². The Balaban J connectivity index is 1.50. The van der Waals surface area contributed by atoms with Crippen molar-refractivity contribution in [1.29, 1.82) is 0 Å². The van der Waals surface area contributed by atoms with Crippen LogP contribution in [0.2, 0.25) is 0 Å². The second-order valence-electron chi connectivity index (χ2n) is 10.4. The molecule has 0 atom stereocenters. The molecule has 2 aromatic carbocycles. The van der Waals surface area contributed by atoms with Gasteiger partial charge in [0, 0.05) is 6.21 Å². The Hall–Kier alpha value is -2.09. The van der Waals surface area contributed by atoms with E-state index >= 15 is 0 Å². The van der Waals surface area contributed by atoms with E-state index < -0.39 is 0 Å². The molecular weight excluding hydrogens is 438 g/mol. The van der Waals surface area contributed by atoms with Gasteiger partial charge in [-0.05, 0) is 66.8 Å². The van der Waals surface area contributed by atoms with E-state index in [1.165, 1.54) is 115 Å². The lowest BCUT2D eigenvalue weighted by molar-refractivity contribution is 0.306. The predicted octanol–water partition coefficient (Wildman–Crippen LogP) is 11.0. The highest BCUT2D eigenvalue weighted by Gasteiger charge is 1.98. The summed E-state index contributed by atoms with van der Waals surface area (Å²) < 4.78 is 5.78. The fourth-order valence-corrected chi connectivity index (χ4v) is 4.61. The standard InChI is InChI=1S/C34H53NO/c1-3-5-7-8-9-10-11-12-13-14-15-16-17-18-20-31-21-25-33(26-22-31)35-30-32-23-27-34(28-24-32)36-29-19-6-4-2/h21-28,30H,3-20,29H2,1-2H3. The van der Waals surface area contributed by atoms with Crippen molar-refractivity contribution < 1.29 is 4.74 Å². The summed E-state index contributed by atoms with van der Waals surface area (Å²) in [4.78, 5) is 4.64. The van der Waals surface area contributed by atoms with Crippen LogP contribution < -0.4 is 4.74 Å². The Kier molecular flexibility index (Phi) is 17.6. The summed E-state index contributed by atoms with van der Waals surface area (Å²) in [6.07, 6.45) is 26.5. The van der Waals surface area contributed by atoms with Crippen LogP contribution >= 0.6 is 0 Å². The number of ether oxygens (including phenoxy) is 1. The number of benzene rings is 2. The van der Waals surface area contributed by atoms with E-state index in [1.54, 1.807) is 0 Å². The zero-order valence-electron chi connectivity index (χ0n) is 23.5. The molecule has 0 radical (unpaired) electrons. The smallest absolute Gasteiger partial charge is 0.119 e. The Morgan fingerprint density at radius 3 is 1.61 bits per heavy atom. The van der Waals surface area contributed by atoms with E-state index in [4.69, 9.17) is 4.74 Å². The van der Waals surface area contributed by atoms with Crippen molar-refractivity contribution in [2.45, 2.75) is 129 Å². The van der Waals surface area contributed by atoms with Crippen LogP contribution in [0, 0.1) is 0 Å². The molecular formula is C34H53NO. The molecule has 0 unspecified atom stereocenters. The van der Waals surface area contributed by atoms with Gasteiger partial charge in [0.2, 0.25) is 0 Å². The van der Waals surface area contributed by atoms with Crippen LogP contribution in [0.25, 0.3) is 0 Å². The van der Waals surface area contributed by atoms with E-state index in [2.05, 4.69) is 55.2 Å². The molecule has 0 heterocycles. The summed E-state index contributed by atoms with van der Waals surface area (Å²) >= 11 is 0. The normalized spacial score (nSPS) is 11.4. The SMILES string of the molecule is CCCCCCCCCCCCCCCCc1ccc(N=Cc2ccc(OCCCCC)cc2)cc1. The van der Waals surface area contributed by atoms with E-state index in [-0.39, 0.29) is 0 Å². The van der Waals surface area contributed by atoms with Crippen molar-refractivity contribution in [2.24, 2.45) is 4.99 Å². The summed E-state index contributed by atoms with van der Waals surface area (Å²) in [6, 6.07) is 17.0. The van der Waals surface area contributed by atoms with Crippen LogP contribution in [0.4, 0.5) is 5.69 Å². The first-order valence-electron chi connectivity index (χ1n) is 15.2. The highest BCUT2D eigenvalue weighted by molar-refractivity contribution is 5.82. The van der Waals surface area contributed by atoms with Gasteiger partial charge >= 0.3 is 0 Å². The lowest BCUT2D eigenvalue weighted by atomic mass is 10.0. The fourth-order valence-electron chi connectivity index (χ4n) is 4.61. The highest BCUT2D eigenvalue weighted by atomic mass is 16.5. The van der Waals surface area contributed by atoms with Crippen LogP contribution in [0.5, 0.6) is 5.75 Å². The van der Waals surface area contributed by atoms with E-state index in [9.17, 15) is 0 Å². The molecule has 0 aliphatic rings. The Morgan fingerprint density at radius 2 is 1.06 bits per heavy atom. The molecule has 0 aromatic heterocycles. The van der Waals surface area contributed by atoms with Gasteiger partial charge in [0.25, 0.3) is 0 Å². The fraction of sp³-hybridized carbons (Fsp3) is 0.618. The minimum absolute atomic E-state index is 0.799. The van der Waals surface area contributed by atoms with Gasteiger partial charge in [-0.2, -0.15) is 0 Å². The number of aliphatic imine (C=N–C) groups is 1. The van der Waals surface area contributed by atoms with Crippen molar-refractivity contribution in [1.82, 2.24) is 0 Å². The van der Waals surface area contributed by atoms with Crippen LogP contribution in [0.1, 0.15) is 134 Å². The maximum absolute atomic E-state index is 5.78. The van der Waals surface area contributed by atoms with Gasteiger partial charge in [0.05, 0.1) is 12.3 Å². The summed E-state index contributed by atoms with van der Waals surface area (Å²) in [5.74, 6) is 0.941. The second-order valence-corrected chi connectivity index (χ2v) is 10.4.